The summed E-state index contributed by atoms with van der Waals surface area (Å²) in [6.07, 6.45) is 0.839. The fraction of sp³-hybridized carbons (Fsp3) is 0.333. The zero-order valence-electron chi connectivity index (χ0n) is 16.0. The SMILES string of the molecule is CCCNC(=O)[C@H](C)N(Cc1ccc(Br)cc1)C(=O)COc1ccc(Br)cc1. The van der Waals surface area contributed by atoms with Gasteiger partial charge in [-0.05, 0) is 55.3 Å². The minimum atomic E-state index is -0.601. The number of nitrogens with one attached hydrogen (secondary N) is 1. The van der Waals surface area contributed by atoms with E-state index in [1.54, 1.807) is 24.0 Å². The van der Waals surface area contributed by atoms with E-state index < -0.39 is 6.04 Å². The number of hydrogen-bond acceptors (Lipinski definition) is 3. The van der Waals surface area contributed by atoms with Gasteiger partial charge in [0.05, 0.1) is 0 Å². The first-order chi connectivity index (χ1) is 13.4. The summed E-state index contributed by atoms with van der Waals surface area (Å²) >= 11 is 6.78. The molecule has 0 spiro atoms. The Morgan fingerprint density at radius 2 is 1.61 bits per heavy atom. The van der Waals surface area contributed by atoms with Crippen LogP contribution in [-0.2, 0) is 16.1 Å². The zero-order chi connectivity index (χ0) is 20.5. The van der Waals surface area contributed by atoms with E-state index in [9.17, 15) is 9.59 Å². The first kappa shape index (κ1) is 22.4. The molecule has 0 aliphatic heterocycles. The van der Waals surface area contributed by atoms with E-state index in [1.165, 1.54) is 0 Å². The van der Waals surface area contributed by atoms with Crippen molar-refractivity contribution in [2.24, 2.45) is 0 Å². The van der Waals surface area contributed by atoms with Gasteiger partial charge in [-0.15, -0.1) is 0 Å². The Kier molecular flexibility index (Phi) is 8.99. The van der Waals surface area contributed by atoms with E-state index in [0.717, 1.165) is 20.9 Å². The van der Waals surface area contributed by atoms with Crippen LogP contribution in [0.1, 0.15) is 25.8 Å². The molecule has 1 N–H and O–H groups in total. The Bertz CT molecular complexity index is 779. The third-order valence-electron chi connectivity index (χ3n) is 4.16. The number of nitrogens with zero attached hydrogens (tertiary/aromatic N) is 1. The van der Waals surface area contributed by atoms with Crippen LogP contribution in [0.2, 0.25) is 0 Å². The van der Waals surface area contributed by atoms with Crippen molar-refractivity contribution in [3.63, 3.8) is 0 Å². The maximum Gasteiger partial charge on any atom is 0.261 e. The van der Waals surface area contributed by atoms with Crippen LogP contribution in [-0.4, -0.2) is 35.9 Å². The Morgan fingerprint density at radius 1 is 1.04 bits per heavy atom. The van der Waals surface area contributed by atoms with Crippen molar-refractivity contribution in [1.82, 2.24) is 10.2 Å². The molecule has 5 nitrogen and oxygen atoms in total. The fourth-order valence-electron chi connectivity index (χ4n) is 2.52. The van der Waals surface area contributed by atoms with Gasteiger partial charge in [-0.3, -0.25) is 9.59 Å². The fourth-order valence-corrected chi connectivity index (χ4v) is 3.05. The van der Waals surface area contributed by atoms with Crippen molar-refractivity contribution in [2.75, 3.05) is 13.2 Å². The van der Waals surface area contributed by atoms with Crippen LogP contribution >= 0.6 is 31.9 Å². The van der Waals surface area contributed by atoms with Gasteiger partial charge >= 0.3 is 0 Å². The number of amides is 2. The van der Waals surface area contributed by atoms with Gasteiger partial charge < -0.3 is 15.0 Å². The second-order valence-electron chi connectivity index (χ2n) is 6.36. The minimum absolute atomic E-state index is 0.135. The first-order valence-electron chi connectivity index (χ1n) is 9.10. The van der Waals surface area contributed by atoms with Gasteiger partial charge in [0.25, 0.3) is 5.91 Å². The summed E-state index contributed by atoms with van der Waals surface area (Å²) in [5.74, 6) is 0.184. The van der Waals surface area contributed by atoms with Crippen molar-refractivity contribution >= 4 is 43.7 Å². The van der Waals surface area contributed by atoms with E-state index in [1.807, 2.05) is 43.3 Å². The van der Waals surface area contributed by atoms with Gasteiger partial charge in [-0.1, -0.05) is 50.9 Å². The summed E-state index contributed by atoms with van der Waals surface area (Å²) in [5, 5.41) is 2.86. The van der Waals surface area contributed by atoms with Crippen LogP contribution in [0.3, 0.4) is 0 Å². The van der Waals surface area contributed by atoms with Crippen molar-refractivity contribution < 1.29 is 14.3 Å². The summed E-state index contributed by atoms with van der Waals surface area (Å²) in [4.78, 5) is 26.9. The number of halogens is 2. The highest BCUT2D eigenvalue weighted by Gasteiger charge is 2.26. The molecule has 150 valence electrons. The molecule has 28 heavy (non-hydrogen) atoms. The van der Waals surface area contributed by atoms with E-state index in [-0.39, 0.29) is 18.4 Å². The summed E-state index contributed by atoms with van der Waals surface area (Å²) in [7, 11) is 0. The topological polar surface area (TPSA) is 58.6 Å². The van der Waals surface area contributed by atoms with Crippen LogP contribution in [0.15, 0.2) is 57.5 Å². The van der Waals surface area contributed by atoms with Gasteiger partial charge in [0.15, 0.2) is 6.61 Å². The van der Waals surface area contributed by atoms with E-state index in [0.29, 0.717) is 18.8 Å². The predicted octanol–water partition coefficient (Wildman–Crippen LogP) is 4.53. The molecule has 0 radical (unpaired) electrons. The number of benzene rings is 2. The molecule has 0 aromatic heterocycles. The van der Waals surface area contributed by atoms with Crippen molar-refractivity contribution in [2.45, 2.75) is 32.9 Å². The van der Waals surface area contributed by atoms with Crippen molar-refractivity contribution in [3.05, 3.63) is 63.0 Å². The summed E-state index contributed by atoms with van der Waals surface area (Å²) < 4.78 is 7.51. The highest BCUT2D eigenvalue weighted by molar-refractivity contribution is 9.10. The molecule has 2 amide bonds. The molecule has 0 heterocycles. The molecule has 2 rings (SSSR count). The third-order valence-corrected chi connectivity index (χ3v) is 5.22. The maximum atomic E-state index is 12.9. The lowest BCUT2D eigenvalue weighted by molar-refractivity contribution is -0.142. The van der Waals surface area contributed by atoms with Crippen molar-refractivity contribution in [1.29, 1.82) is 0 Å². The monoisotopic (exact) mass is 510 g/mol. The Hall–Kier alpha value is -1.86. The molecule has 7 heteroatoms. The zero-order valence-corrected chi connectivity index (χ0v) is 19.1. The van der Waals surface area contributed by atoms with Gasteiger partial charge in [0, 0.05) is 22.0 Å². The Labute approximate surface area is 182 Å². The molecule has 0 unspecified atom stereocenters. The molecular formula is C21H24Br2N2O3. The number of hydrogen-bond donors (Lipinski definition) is 1. The lowest BCUT2D eigenvalue weighted by Gasteiger charge is -2.28. The molecule has 0 bridgehead atoms. The molecule has 0 aliphatic rings. The second-order valence-corrected chi connectivity index (χ2v) is 8.19. The van der Waals surface area contributed by atoms with E-state index in [4.69, 9.17) is 4.74 Å². The molecular weight excluding hydrogens is 488 g/mol. The van der Waals surface area contributed by atoms with Gasteiger partial charge in [-0.25, -0.2) is 0 Å². The maximum absolute atomic E-state index is 12.9. The van der Waals surface area contributed by atoms with E-state index >= 15 is 0 Å². The molecule has 0 saturated heterocycles. The predicted molar refractivity (Wildman–Crippen MR) is 117 cm³/mol. The van der Waals surface area contributed by atoms with E-state index in [2.05, 4.69) is 37.2 Å². The largest absolute Gasteiger partial charge is 0.484 e. The van der Waals surface area contributed by atoms with Gasteiger partial charge in [0.1, 0.15) is 11.8 Å². The number of carbonyl (C=O) groups is 2. The van der Waals surface area contributed by atoms with Crippen LogP contribution < -0.4 is 10.1 Å². The quantitative estimate of drug-likeness (QED) is 0.538. The minimum Gasteiger partial charge on any atom is -0.484 e. The van der Waals surface area contributed by atoms with Crippen LogP contribution in [0, 0.1) is 0 Å². The normalized spacial score (nSPS) is 11.6. The standard InChI is InChI=1S/C21H24Br2N2O3/c1-3-12-24-21(27)15(2)25(13-16-4-6-17(22)7-5-16)20(26)14-28-19-10-8-18(23)9-11-19/h4-11,15H,3,12-14H2,1-2H3,(H,24,27)/t15-/m0/s1. The van der Waals surface area contributed by atoms with Crippen molar-refractivity contribution in [3.8, 4) is 5.75 Å². The Morgan fingerprint density at radius 3 is 2.18 bits per heavy atom. The number of carbonyl (C=O) groups excluding carboxylic acids is 2. The van der Waals surface area contributed by atoms with Crippen LogP contribution in [0.25, 0.3) is 0 Å². The van der Waals surface area contributed by atoms with Crippen LogP contribution in [0.4, 0.5) is 0 Å². The second kappa shape index (κ2) is 11.2. The molecule has 2 aromatic rings. The summed E-state index contributed by atoms with van der Waals surface area (Å²) in [6.45, 7) is 4.50. The third kappa shape index (κ3) is 6.95. The molecule has 1 atom stereocenters. The van der Waals surface area contributed by atoms with Gasteiger partial charge in [-0.2, -0.15) is 0 Å². The molecule has 0 saturated carbocycles. The molecule has 2 aromatic carbocycles. The number of rotatable bonds is 9. The molecule has 0 fully saturated rings. The number of ether oxygens (including phenoxy) is 1. The highest BCUT2D eigenvalue weighted by atomic mass is 79.9. The first-order valence-corrected chi connectivity index (χ1v) is 10.7. The lowest BCUT2D eigenvalue weighted by atomic mass is 10.1. The average molecular weight is 512 g/mol. The molecule has 0 aliphatic carbocycles. The summed E-state index contributed by atoms with van der Waals surface area (Å²) in [5.41, 5.74) is 0.940. The highest BCUT2D eigenvalue weighted by Crippen LogP contribution is 2.17. The van der Waals surface area contributed by atoms with Gasteiger partial charge in [0.2, 0.25) is 5.91 Å². The smallest absolute Gasteiger partial charge is 0.261 e. The summed E-state index contributed by atoms with van der Waals surface area (Å²) in [6, 6.07) is 14.3. The Balaban J connectivity index is 2.10. The average Bonchev–Trinajstić information content (AvgIpc) is 2.70. The van der Waals surface area contributed by atoms with Crippen LogP contribution in [0.5, 0.6) is 5.75 Å². The lowest BCUT2D eigenvalue weighted by Crippen LogP contribution is -2.49.